The lowest BCUT2D eigenvalue weighted by atomic mass is 9.70. The van der Waals surface area contributed by atoms with Gasteiger partial charge in [-0.2, -0.15) is 0 Å². The van der Waals surface area contributed by atoms with Crippen molar-refractivity contribution in [3.8, 4) is 0 Å². The van der Waals surface area contributed by atoms with Gasteiger partial charge in [-0.15, -0.1) is 0 Å². The highest BCUT2D eigenvalue weighted by molar-refractivity contribution is 5.75. The van der Waals surface area contributed by atoms with Crippen LogP contribution in [0.5, 0.6) is 0 Å². The van der Waals surface area contributed by atoms with Crippen LogP contribution in [0, 0.1) is 5.41 Å². The quantitative estimate of drug-likeness (QED) is 0.681. The number of rotatable bonds is 3. The van der Waals surface area contributed by atoms with Crippen molar-refractivity contribution >= 4 is 5.97 Å². The molecular formula is C11H18O3. The first-order valence-corrected chi connectivity index (χ1v) is 4.97. The summed E-state index contributed by atoms with van der Waals surface area (Å²) in [6, 6.07) is 0. The second kappa shape index (κ2) is 3.73. The molecule has 1 aliphatic rings. The van der Waals surface area contributed by atoms with Crippen molar-refractivity contribution in [3.05, 3.63) is 12.2 Å². The summed E-state index contributed by atoms with van der Waals surface area (Å²) in [7, 11) is 0. The van der Waals surface area contributed by atoms with Crippen LogP contribution in [0.2, 0.25) is 0 Å². The molecular weight excluding hydrogens is 180 g/mol. The molecule has 2 N–H and O–H groups in total. The SMILES string of the molecule is CC(C)(O)CC1(C(=O)O)CC=CCC1. The van der Waals surface area contributed by atoms with Gasteiger partial charge in [-0.25, -0.2) is 0 Å². The van der Waals surface area contributed by atoms with Gasteiger partial charge in [0.15, 0.2) is 0 Å². The molecule has 1 unspecified atom stereocenters. The Morgan fingerprint density at radius 3 is 2.50 bits per heavy atom. The second-order valence-electron chi connectivity index (χ2n) is 4.79. The molecule has 1 atom stereocenters. The average Bonchev–Trinajstić information content (AvgIpc) is 2.02. The van der Waals surface area contributed by atoms with E-state index in [0.717, 1.165) is 6.42 Å². The van der Waals surface area contributed by atoms with Gasteiger partial charge in [0.05, 0.1) is 11.0 Å². The van der Waals surface area contributed by atoms with Crippen LogP contribution in [0.4, 0.5) is 0 Å². The summed E-state index contributed by atoms with van der Waals surface area (Å²) < 4.78 is 0. The Hall–Kier alpha value is -0.830. The maximum absolute atomic E-state index is 11.2. The molecule has 0 bridgehead atoms. The van der Waals surface area contributed by atoms with Crippen LogP contribution in [-0.2, 0) is 4.79 Å². The summed E-state index contributed by atoms with van der Waals surface area (Å²) in [5.74, 6) is -0.788. The molecule has 0 aliphatic heterocycles. The molecule has 0 saturated carbocycles. The molecule has 0 aromatic rings. The molecule has 1 rings (SSSR count). The molecule has 80 valence electrons. The largest absolute Gasteiger partial charge is 0.481 e. The third-order valence-electron chi connectivity index (χ3n) is 2.69. The van der Waals surface area contributed by atoms with E-state index in [0.29, 0.717) is 19.3 Å². The second-order valence-corrected chi connectivity index (χ2v) is 4.79. The first kappa shape index (κ1) is 11.2. The van der Waals surface area contributed by atoms with E-state index in [-0.39, 0.29) is 0 Å². The minimum atomic E-state index is -0.913. The van der Waals surface area contributed by atoms with Gasteiger partial charge in [0.25, 0.3) is 0 Å². The van der Waals surface area contributed by atoms with Gasteiger partial charge < -0.3 is 10.2 Å². The predicted octanol–water partition coefficient (Wildman–Crippen LogP) is 1.96. The fourth-order valence-electron chi connectivity index (χ4n) is 2.15. The van der Waals surface area contributed by atoms with Crippen LogP contribution < -0.4 is 0 Å². The minimum absolute atomic E-state index is 0.319. The van der Waals surface area contributed by atoms with Gasteiger partial charge in [0, 0.05) is 0 Å². The molecule has 3 nitrogen and oxygen atoms in total. The molecule has 3 heteroatoms. The number of allylic oxidation sites excluding steroid dienone is 2. The summed E-state index contributed by atoms with van der Waals surface area (Å²) in [5, 5.41) is 18.9. The average molecular weight is 198 g/mol. The Labute approximate surface area is 84.4 Å². The number of carbonyl (C=O) groups is 1. The van der Waals surface area contributed by atoms with Crippen LogP contribution in [-0.4, -0.2) is 21.8 Å². The zero-order valence-electron chi connectivity index (χ0n) is 8.79. The number of aliphatic carboxylic acids is 1. The highest BCUT2D eigenvalue weighted by Gasteiger charge is 2.41. The van der Waals surface area contributed by atoms with E-state index < -0.39 is 17.0 Å². The Kier molecular flexibility index (Phi) is 3.00. The summed E-state index contributed by atoms with van der Waals surface area (Å²) in [5.41, 5.74) is -1.67. The highest BCUT2D eigenvalue weighted by atomic mass is 16.4. The molecule has 0 fully saturated rings. The lowest BCUT2D eigenvalue weighted by Gasteiger charge is -2.35. The van der Waals surface area contributed by atoms with E-state index >= 15 is 0 Å². The lowest BCUT2D eigenvalue weighted by Crippen LogP contribution is -2.39. The molecule has 0 saturated heterocycles. The summed E-state index contributed by atoms with van der Waals surface area (Å²) in [6.45, 7) is 3.33. The van der Waals surface area contributed by atoms with E-state index in [4.69, 9.17) is 0 Å². The van der Waals surface area contributed by atoms with Gasteiger partial charge in [-0.05, 0) is 39.5 Å². The topological polar surface area (TPSA) is 57.5 Å². The maximum Gasteiger partial charge on any atom is 0.310 e. The van der Waals surface area contributed by atoms with Crippen LogP contribution in [0.3, 0.4) is 0 Å². The van der Waals surface area contributed by atoms with E-state index in [1.54, 1.807) is 13.8 Å². The monoisotopic (exact) mass is 198 g/mol. The van der Waals surface area contributed by atoms with Crippen LogP contribution in [0.15, 0.2) is 12.2 Å². The molecule has 0 heterocycles. The standard InChI is InChI=1S/C11H18O3/c1-10(2,14)8-11(9(12)13)6-4-3-5-7-11/h3-4,14H,5-8H2,1-2H3,(H,12,13). The Balaban J connectivity index is 2.83. The van der Waals surface area contributed by atoms with E-state index in [2.05, 4.69) is 0 Å². The predicted molar refractivity (Wildman–Crippen MR) is 54.0 cm³/mol. The van der Waals surface area contributed by atoms with Crippen LogP contribution >= 0.6 is 0 Å². The van der Waals surface area contributed by atoms with Gasteiger partial charge in [-0.1, -0.05) is 12.2 Å². The number of carboxylic acid groups (broad SMARTS) is 1. The summed E-state index contributed by atoms with van der Waals surface area (Å²) >= 11 is 0. The Bertz CT molecular complexity index is 250. The number of carboxylic acids is 1. The maximum atomic E-state index is 11.2. The normalized spacial score (nSPS) is 27.6. The van der Waals surface area contributed by atoms with Crippen LogP contribution in [0.25, 0.3) is 0 Å². The van der Waals surface area contributed by atoms with Crippen molar-refractivity contribution in [3.63, 3.8) is 0 Å². The first-order valence-electron chi connectivity index (χ1n) is 4.97. The van der Waals surface area contributed by atoms with E-state index in [9.17, 15) is 15.0 Å². The zero-order valence-corrected chi connectivity index (χ0v) is 8.79. The van der Waals surface area contributed by atoms with Crippen LogP contribution in [0.1, 0.15) is 39.5 Å². The molecule has 0 aromatic heterocycles. The third-order valence-corrected chi connectivity index (χ3v) is 2.69. The van der Waals surface area contributed by atoms with E-state index in [1.165, 1.54) is 0 Å². The highest BCUT2D eigenvalue weighted by Crippen LogP contribution is 2.40. The molecule has 0 spiro atoms. The van der Waals surface area contributed by atoms with Crippen molar-refractivity contribution in [2.75, 3.05) is 0 Å². The van der Waals surface area contributed by atoms with Crippen molar-refractivity contribution in [1.29, 1.82) is 0 Å². The Morgan fingerprint density at radius 1 is 1.50 bits per heavy atom. The molecule has 0 amide bonds. The lowest BCUT2D eigenvalue weighted by molar-refractivity contribution is -0.153. The van der Waals surface area contributed by atoms with Gasteiger partial charge in [0.1, 0.15) is 0 Å². The fraction of sp³-hybridized carbons (Fsp3) is 0.727. The smallest absolute Gasteiger partial charge is 0.310 e. The number of aliphatic hydroxyl groups is 1. The molecule has 14 heavy (non-hydrogen) atoms. The van der Waals surface area contributed by atoms with Crippen molar-refractivity contribution in [1.82, 2.24) is 0 Å². The van der Waals surface area contributed by atoms with Crippen molar-refractivity contribution in [2.24, 2.45) is 5.41 Å². The zero-order chi connectivity index (χ0) is 10.8. The van der Waals surface area contributed by atoms with E-state index in [1.807, 2.05) is 12.2 Å². The fourth-order valence-corrected chi connectivity index (χ4v) is 2.15. The first-order chi connectivity index (χ1) is 6.36. The molecule has 0 aromatic carbocycles. The summed E-state index contributed by atoms with van der Waals surface area (Å²) in [4.78, 5) is 11.2. The van der Waals surface area contributed by atoms with Gasteiger partial charge in [-0.3, -0.25) is 4.79 Å². The molecule has 0 radical (unpaired) electrons. The Morgan fingerprint density at radius 2 is 2.14 bits per heavy atom. The molecule has 1 aliphatic carbocycles. The minimum Gasteiger partial charge on any atom is -0.481 e. The van der Waals surface area contributed by atoms with Crippen molar-refractivity contribution < 1.29 is 15.0 Å². The number of hydrogen-bond donors (Lipinski definition) is 2. The van der Waals surface area contributed by atoms with Gasteiger partial charge in [0.2, 0.25) is 0 Å². The third kappa shape index (κ3) is 2.58. The van der Waals surface area contributed by atoms with Crippen molar-refractivity contribution in [2.45, 2.75) is 45.1 Å². The van der Waals surface area contributed by atoms with Gasteiger partial charge >= 0.3 is 5.97 Å². The number of hydrogen-bond acceptors (Lipinski definition) is 2. The summed E-state index contributed by atoms with van der Waals surface area (Å²) in [6.07, 6.45) is 6.19.